The highest BCUT2D eigenvalue weighted by Gasteiger charge is 2.17. The van der Waals surface area contributed by atoms with Gasteiger partial charge in [0.05, 0.1) is 21.4 Å². The van der Waals surface area contributed by atoms with Crippen LogP contribution in [0.15, 0.2) is 41.3 Å². The molecule has 2 aromatic carbocycles. The van der Waals surface area contributed by atoms with Crippen LogP contribution in [0.3, 0.4) is 0 Å². The molecule has 0 spiro atoms. The van der Waals surface area contributed by atoms with Gasteiger partial charge in [-0.05, 0) is 42.8 Å². The van der Waals surface area contributed by atoms with E-state index in [4.69, 9.17) is 28.9 Å². The van der Waals surface area contributed by atoms with Gasteiger partial charge in [-0.3, -0.25) is 4.72 Å². The smallest absolute Gasteiger partial charge is 0.263 e. The number of halogens is 2. The van der Waals surface area contributed by atoms with Crippen LogP contribution in [0.2, 0.25) is 10.0 Å². The molecule has 106 valence electrons. The van der Waals surface area contributed by atoms with Crippen LogP contribution in [-0.2, 0) is 10.0 Å². The Morgan fingerprint density at radius 2 is 1.75 bits per heavy atom. The Hall–Kier alpha value is -1.43. The number of benzene rings is 2. The summed E-state index contributed by atoms with van der Waals surface area (Å²) in [6.45, 7) is 1.83. The molecule has 2 rings (SSSR count). The Labute approximate surface area is 127 Å². The Balaban J connectivity index is 2.38. The maximum Gasteiger partial charge on any atom is 0.263 e. The van der Waals surface area contributed by atoms with E-state index in [0.717, 1.165) is 5.56 Å². The lowest BCUT2D eigenvalue weighted by atomic mass is 10.2. The van der Waals surface area contributed by atoms with E-state index in [-0.39, 0.29) is 15.6 Å². The van der Waals surface area contributed by atoms with Gasteiger partial charge in [0.25, 0.3) is 10.0 Å². The number of anilines is 2. The number of hydrogen-bond acceptors (Lipinski definition) is 3. The monoisotopic (exact) mass is 330 g/mol. The van der Waals surface area contributed by atoms with Crippen LogP contribution in [0, 0.1) is 6.92 Å². The highest BCUT2D eigenvalue weighted by atomic mass is 35.5. The average Bonchev–Trinajstić information content (AvgIpc) is 2.33. The molecule has 0 saturated carbocycles. The lowest BCUT2D eigenvalue weighted by Crippen LogP contribution is -2.14. The Morgan fingerprint density at radius 3 is 2.35 bits per heavy atom. The number of sulfonamides is 1. The van der Waals surface area contributed by atoms with Gasteiger partial charge in [0, 0.05) is 0 Å². The predicted octanol–water partition coefficient (Wildman–Crippen LogP) is 3.68. The highest BCUT2D eigenvalue weighted by molar-refractivity contribution is 7.92. The molecule has 0 aliphatic heterocycles. The molecule has 0 fully saturated rings. The van der Waals surface area contributed by atoms with Gasteiger partial charge in [-0.2, -0.15) is 0 Å². The van der Waals surface area contributed by atoms with Crippen LogP contribution in [0.1, 0.15) is 5.56 Å². The molecule has 4 nitrogen and oxygen atoms in total. The summed E-state index contributed by atoms with van der Waals surface area (Å²) in [6, 6.07) is 9.22. The van der Waals surface area contributed by atoms with Crippen molar-refractivity contribution in [2.75, 3.05) is 10.5 Å². The number of nitrogen functional groups attached to an aromatic ring is 1. The summed E-state index contributed by atoms with van der Waals surface area (Å²) in [7, 11) is -3.77. The fraction of sp³-hybridized carbons (Fsp3) is 0.0769. The normalized spacial score (nSPS) is 11.3. The first-order valence-corrected chi connectivity index (χ1v) is 7.87. The zero-order valence-corrected chi connectivity index (χ0v) is 12.9. The first kappa shape index (κ1) is 15.0. The van der Waals surface area contributed by atoms with E-state index in [1.54, 1.807) is 12.1 Å². The lowest BCUT2D eigenvalue weighted by molar-refractivity contribution is 0.601. The molecule has 0 aliphatic carbocycles. The summed E-state index contributed by atoms with van der Waals surface area (Å²) in [5.41, 5.74) is 7.15. The molecule has 0 atom stereocenters. The van der Waals surface area contributed by atoms with Gasteiger partial charge >= 0.3 is 0 Å². The summed E-state index contributed by atoms with van der Waals surface area (Å²) in [4.78, 5) is 0.0224. The number of nitrogens with one attached hydrogen (secondary N) is 1. The molecule has 0 heterocycles. The third-order valence-corrected chi connectivity index (χ3v) is 4.82. The minimum Gasteiger partial charge on any atom is -0.398 e. The predicted molar refractivity (Wildman–Crippen MR) is 82.9 cm³/mol. The number of nitrogens with two attached hydrogens (primary N) is 1. The van der Waals surface area contributed by atoms with E-state index in [0.29, 0.717) is 10.7 Å². The highest BCUT2D eigenvalue weighted by Crippen LogP contribution is 2.27. The van der Waals surface area contributed by atoms with E-state index in [1.165, 1.54) is 24.3 Å². The standard InChI is InChI=1S/C13H12Cl2N2O2S/c1-8-2-5-13(12(16)6-8)20(18,19)17-9-3-4-10(14)11(15)7-9/h2-7,17H,16H2,1H3. The van der Waals surface area contributed by atoms with Crippen LogP contribution in [0.5, 0.6) is 0 Å². The third kappa shape index (κ3) is 3.17. The van der Waals surface area contributed by atoms with Crippen LogP contribution in [0.4, 0.5) is 11.4 Å². The summed E-state index contributed by atoms with van der Waals surface area (Å²) >= 11 is 11.6. The van der Waals surface area contributed by atoms with E-state index < -0.39 is 10.0 Å². The first-order chi connectivity index (χ1) is 9.29. The van der Waals surface area contributed by atoms with Gasteiger partial charge in [-0.15, -0.1) is 0 Å². The summed E-state index contributed by atoms with van der Waals surface area (Å²) in [5.74, 6) is 0. The van der Waals surface area contributed by atoms with Crippen LogP contribution in [0.25, 0.3) is 0 Å². The fourth-order valence-corrected chi connectivity index (χ4v) is 3.14. The van der Waals surface area contributed by atoms with Crippen molar-refractivity contribution in [3.05, 3.63) is 52.0 Å². The molecular weight excluding hydrogens is 319 g/mol. The quantitative estimate of drug-likeness (QED) is 0.843. The number of rotatable bonds is 3. The maximum atomic E-state index is 12.3. The van der Waals surface area contributed by atoms with E-state index in [2.05, 4.69) is 4.72 Å². The second-order valence-electron chi connectivity index (χ2n) is 4.28. The topological polar surface area (TPSA) is 72.2 Å². The first-order valence-electron chi connectivity index (χ1n) is 5.63. The largest absolute Gasteiger partial charge is 0.398 e. The molecule has 7 heteroatoms. The van der Waals surface area contributed by atoms with Crippen LogP contribution >= 0.6 is 23.2 Å². The minimum absolute atomic E-state index is 0.0224. The molecule has 0 unspecified atom stereocenters. The molecule has 20 heavy (non-hydrogen) atoms. The minimum atomic E-state index is -3.77. The molecular formula is C13H12Cl2N2O2S. The summed E-state index contributed by atoms with van der Waals surface area (Å²) < 4.78 is 26.9. The van der Waals surface area contributed by atoms with Gasteiger partial charge in [0.2, 0.25) is 0 Å². The van der Waals surface area contributed by atoms with Gasteiger partial charge in [0.15, 0.2) is 0 Å². The zero-order chi connectivity index (χ0) is 14.9. The van der Waals surface area contributed by atoms with E-state index in [9.17, 15) is 8.42 Å². The van der Waals surface area contributed by atoms with Crippen molar-refractivity contribution in [2.45, 2.75) is 11.8 Å². The van der Waals surface area contributed by atoms with Crippen molar-refractivity contribution in [1.82, 2.24) is 0 Å². The van der Waals surface area contributed by atoms with Crippen molar-refractivity contribution >= 4 is 44.6 Å². The van der Waals surface area contributed by atoms with Crippen molar-refractivity contribution in [3.8, 4) is 0 Å². The van der Waals surface area contributed by atoms with Crippen LogP contribution in [-0.4, -0.2) is 8.42 Å². The zero-order valence-electron chi connectivity index (χ0n) is 10.5. The molecule has 2 aromatic rings. The SMILES string of the molecule is Cc1ccc(S(=O)(=O)Nc2ccc(Cl)c(Cl)c2)c(N)c1. The lowest BCUT2D eigenvalue weighted by Gasteiger charge is -2.11. The Bertz CT molecular complexity index is 761. The molecule has 3 N–H and O–H groups in total. The molecule has 0 amide bonds. The average molecular weight is 331 g/mol. The van der Waals surface area contributed by atoms with Gasteiger partial charge in [-0.1, -0.05) is 29.3 Å². The number of hydrogen-bond donors (Lipinski definition) is 2. The molecule has 0 aliphatic rings. The van der Waals surface area contributed by atoms with Crippen molar-refractivity contribution in [1.29, 1.82) is 0 Å². The maximum absolute atomic E-state index is 12.3. The Morgan fingerprint density at radius 1 is 1.05 bits per heavy atom. The van der Waals surface area contributed by atoms with Crippen LogP contribution < -0.4 is 10.5 Å². The molecule has 0 saturated heterocycles. The van der Waals surface area contributed by atoms with E-state index >= 15 is 0 Å². The molecule has 0 bridgehead atoms. The third-order valence-electron chi connectivity index (χ3n) is 2.63. The molecule has 0 aromatic heterocycles. The fourth-order valence-electron chi connectivity index (χ4n) is 1.68. The van der Waals surface area contributed by atoms with E-state index in [1.807, 2.05) is 6.92 Å². The van der Waals surface area contributed by atoms with Crippen molar-refractivity contribution in [2.24, 2.45) is 0 Å². The van der Waals surface area contributed by atoms with Gasteiger partial charge in [-0.25, -0.2) is 8.42 Å². The van der Waals surface area contributed by atoms with Gasteiger partial charge < -0.3 is 5.73 Å². The molecule has 0 radical (unpaired) electrons. The number of aryl methyl sites for hydroxylation is 1. The summed E-state index contributed by atoms with van der Waals surface area (Å²) in [6.07, 6.45) is 0. The van der Waals surface area contributed by atoms with Crippen molar-refractivity contribution < 1.29 is 8.42 Å². The van der Waals surface area contributed by atoms with Gasteiger partial charge in [0.1, 0.15) is 4.90 Å². The Kier molecular flexibility index (Phi) is 4.13. The van der Waals surface area contributed by atoms with Crippen molar-refractivity contribution in [3.63, 3.8) is 0 Å². The summed E-state index contributed by atoms with van der Waals surface area (Å²) in [5, 5.41) is 0.619. The second-order valence-corrected chi connectivity index (χ2v) is 6.74. The second kappa shape index (κ2) is 5.52.